The summed E-state index contributed by atoms with van der Waals surface area (Å²) in [6.07, 6.45) is 0. The molecule has 0 aliphatic carbocycles. The molecule has 33 heavy (non-hydrogen) atoms. The number of nitrogens with one attached hydrogen (secondary N) is 2. The van der Waals surface area contributed by atoms with Gasteiger partial charge in [-0.3, -0.25) is 14.4 Å². The molecule has 3 aromatic carbocycles. The van der Waals surface area contributed by atoms with Crippen LogP contribution in [0.15, 0.2) is 77.5 Å². The lowest BCUT2D eigenvalue weighted by Gasteiger charge is -2.15. The predicted molar refractivity (Wildman–Crippen MR) is 126 cm³/mol. The molecule has 3 aromatic rings. The number of nitrogens with zero attached hydrogens (tertiary/aromatic N) is 1. The molecule has 0 spiro atoms. The van der Waals surface area contributed by atoms with Crippen LogP contribution in [0.2, 0.25) is 0 Å². The number of carbonyl (C=O) groups excluding carboxylic acids is 3. The van der Waals surface area contributed by atoms with E-state index in [0.29, 0.717) is 16.9 Å². The Balaban J connectivity index is 1.47. The molecule has 0 saturated heterocycles. The maximum Gasteiger partial charge on any atom is 0.283 e. The van der Waals surface area contributed by atoms with Crippen molar-refractivity contribution >= 4 is 46.4 Å². The van der Waals surface area contributed by atoms with Crippen molar-refractivity contribution in [1.29, 1.82) is 0 Å². The van der Waals surface area contributed by atoms with E-state index in [4.69, 9.17) is 11.6 Å². The number of rotatable bonds is 5. The zero-order valence-corrected chi connectivity index (χ0v) is 18.5. The first kappa shape index (κ1) is 22.2. The highest BCUT2D eigenvalue weighted by Gasteiger charge is 2.38. The van der Waals surface area contributed by atoms with Gasteiger partial charge in [-0.05, 0) is 85.6 Å². The molecule has 0 bridgehead atoms. The fourth-order valence-electron chi connectivity index (χ4n) is 3.31. The number of hydrogen-bond donors (Lipinski definition) is 2. The topological polar surface area (TPSA) is 78.5 Å². The first-order chi connectivity index (χ1) is 15.7. The number of benzene rings is 3. The molecule has 166 valence electrons. The largest absolute Gasteiger partial charge is 0.350 e. The van der Waals surface area contributed by atoms with Crippen LogP contribution in [0.3, 0.4) is 0 Å². The summed E-state index contributed by atoms with van der Waals surface area (Å²) in [5, 5.41) is 5.41. The number of halogens is 2. The van der Waals surface area contributed by atoms with Crippen LogP contribution in [0.5, 0.6) is 0 Å². The van der Waals surface area contributed by atoms with Crippen LogP contribution in [-0.4, -0.2) is 17.7 Å². The lowest BCUT2D eigenvalue weighted by Crippen LogP contribution is -2.32. The Morgan fingerprint density at radius 1 is 0.848 bits per heavy atom. The van der Waals surface area contributed by atoms with E-state index < -0.39 is 17.6 Å². The molecule has 2 N–H and O–H groups in total. The van der Waals surface area contributed by atoms with E-state index in [0.717, 1.165) is 28.2 Å². The van der Waals surface area contributed by atoms with E-state index in [9.17, 15) is 18.8 Å². The summed E-state index contributed by atoms with van der Waals surface area (Å²) in [5.74, 6) is -2.14. The molecular weight excluding hydrogens is 445 g/mol. The number of amides is 3. The van der Waals surface area contributed by atoms with Gasteiger partial charge >= 0.3 is 0 Å². The average molecular weight is 464 g/mol. The van der Waals surface area contributed by atoms with E-state index >= 15 is 0 Å². The maximum atomic E-state index is 13.2. The van der Waals surface area contributed by atoms with Crippen molar-refractivity contribution in [3.63, 3.8) is 0 Å². The highest BCUT2D eigenvalue weighted by atomic mass is 35.5. The third-order valence-corrected chi connectivity index (χ3v) is 5.64. The molecule has 3 amide bonds. The average Bonchev–Trinajstić information content (AvgIpc) is 3.00. The van der Waals surface area contributed by atoms with Crippen molar-refractivity contribution < 1.29 is 18.8 Å². The zero-order chi connectivity index (χ0) is 23.7. The first-order valence-electron chi connectivity index (χ1n) is 10.0. The van der Waals surface area contributed by atoms with E-state index in [-0.39, 0.29) is 22.3 Å². The third-order valence-electron chi connectivity index (χ3n) is 5.29. The number of carbonyl (C=O) groups is 3. The fraction of sp³-hybridized carbons (Fsp3) is 0.0800. The molecule has 4 rings (SSSR count). The molecule has 0 aromatic heterocycles. The van der Waals surface area contributed by atoms with Crippen LogP contribution < -0.4 is 15.5 Å². The van der Waals surface area contributed by atoms with Crippen molar-refractivity contribution in [3.8, 4) is 0 Å². The van der Waals surface area contributed by atoms with E-state index in [1.54, 1.807) is 24.3 Å². The molecule has 0 unspecified atom stereocenters. The molecule has 1 aliphatic rings. The zero-order valence-electron chi connectivity index (χ0n) is 17.8. The highest BCUT2D eigenvalue weighted by molar-refractivity contribution is 6.53. The molecule has 0 radical (unpaired) electrons. The summed E-state index contributed by atoms with van der Waals surface area (Å²) < 4.78 is 13.2. The van der Waals surface area contributed by atoms with Crippen molar-refractivity contribution in [3.05, 3.63) is 100.0 Å². The van der Waals surface area contributed by atoms with Gasteiger partial charge < -0.3 is 10.6 Å². The Labute approximate surface area is 194 Å². The van der Waals surface area contributed by atoms with E-state index in [1.165, 1.54) is 12.1 Å². The molecule has 0 fully saturated rings. The van der Waals surface area contributed by atoms with Crippen molar-refractivity contribution in [2.24, 2.45) is 0 Å². The smallest absolute Gasteiger partial charge is 0.283 e. The SMILES string of the molecule is Cc1ccc(NC(=O)c2ccc(NC3=C(Cl)C(=O)N(c4ccc(F)cc4)C3=O)cc2)cc1C. The number of aryl methyl sites for hydroxylation is 2. The maximum absolute atomic E-state index is 13.2. The van der Waals surface area contributed by atoms with Gasteiger partial charge in [0.25, 0.3) is 17.7 Å². The number of hydrogen-bond acceptors (Lipinski definition) is 4. The van der Waals surface area contributed by atoms with Crippen LogP contribution >= 0.6 is 11.6 Å². The summed E-state index contributed by atoms with van der Waals surface area (Å²) in [6, 6.07) is 17.0. The van der Waals surface area contributed by atoms with Crippen LogP contribution in [0.1, 0.15) is 21.5 Å². The Bertz CT molecular complexity index is 1300. The minimum Gasteiger partial charge on any atom is -0.350 e. The Kier molecular flexibility index (Phi) is 5.98. The van der Waals surface area contributed by atoms with Gasteiger partial charge in [-0.15, -0.1) is 0 Å². The van der Waals surface area contributed by atoms with Crippen molar-refractivity contribution in [2.45, 2.75) is 13.8 Å². The minimum atomic E-state index is -0.708. The second-order valence-corrected chi connectivity index (χ2v) is 7.94. The van der Waals surface area contributed by atoms with Crippen LogP contribution in [0.25, 0.3) is 0 Å². The standard InChI is InChI=1S/C25H19ClFN3O3/c1-14-3-8-19(13-15(14)2)29-23(31)16-4-9-18(10-5-16)28-22-21(26)24(32)30(25(22)33)20-11-6-17(27)7-12-20/h3-13,28H,1-2H3,(H,29,31). The number of imide groups is 1. The van der Waals surface area contributed by atoms with Gasteiger partial charge in [0.2, 0.25) is 0 Å². The van der Waals surface area contributed by atoms with Crippen LogP contribution in [0, 0.1) is 19.7 Å². The summed E-state index contributed by atoms with van der Waals surface area (Å²) in [7, 11) is 0. The summed E-state index contributed by atoms with van der Waals surface area (Å²) in [6.45, 7) is 3.97. The minimum absolute atomic E-state index is 0.0988. The van der Waals surface area contributed by atoms with E-state index in [1.807, 2.05) is 32.0 Å². The molecular formula is C25H19ClFN3O3. The van der Waals surface area contributed by atoms with Gasteiger partial charge in [-0.1, -0.05) is 17.7 Å². The highest BCUT2D eigenvalue weighted by Crippen LogP contribution is 2.30. The molecule has 6 nitrogen and oxygen atoms in total. The fourth-order valence-corrected chi connectivity index (χ4v) is 3.52. The predicted octanol–water partition coefficient (Wildman–Crippen LogP) is 5.13. The monoisotopic (exact) mass is 463 g/mol. The summed E-state index contributed by atoms with van der Waals surface area (Å²) in [5.41, 5.74) is 3.89. The normalized spacial score (nSPS) is 13.5. The Morgan fingerprint density at radius 3 is 2.12 bits per heavy atom. The van der Waals surface area contributed by atoms with Gasteiger partial charge in [0, 0.05) is 16.9 Å². The van der Waals surface area contributed by atoms with Crippen LogP contribution in [-0.2, 0) is 9.59 Å². The second kappa shape index (κ2) is 8.88. The summed E-state index contributed by atoms with van der Waals surface area (Å²) >= 11 is 6.11. The van der Waals surface area contributed by atoms with E-state index in [2.05, 4.69) is 10.6 Å². The van der Waals surface area contributed by atoms with Gasteiger partial charge in [-0.25, -0.2) is 9.29 Å². The van der Waals surface area contributed by atoms with Crippen molar-refractivity contribution in [2.75, 3.05) is 15.5 Å². The molecule has 0 atom stereocenters. The third kappa shape index (κ3) is 4.49. The molecule has 0 saturated carbocycles. The second-order valence-electron chi connectivity index (χ2n) is 7.57. The Hall–Kier alpha value is -3.97. The lowest BCUT2D eigenvalue weighted by atomic mass is 10.1. The van der Waals surface area contributed by atoms with Crippen molar-refractivity contribution in [1.82, 2.24) is 0 Å². The molecule has 8 heteroatoms. The van der Waals surface area contributed by atoms with Gasteiger partial charge in [0.1, 0.15) is 16.5 Å². The van der Waals surface area contributed by atoms with Gasteiger partial charge in [0.05, 0.1) is 5.69 Å². The van der Waals surface area contributed by atoms with Crippen LogP contribution in [0.4, 0.5) is 21.5 Å². The lowest BCUT2D eigenvalue weighted by molar-refractivity contribution is -0.120. The number of anilines is 3. The van der Waals surface area contributed by atoms with Gasteiger partial charge in [-0.2, -0.15) is 0 Å². The molecule has 1 aliphatic heterocycles. The van der Waals surface area contributed by atoms with Gasteiger partial charge in [0.15, 0.2) is 0 Å². The quantitative estimate of drug-likeness (QED) is 0.514. The molecule has 1 heterocycles. The Morgan fingerprint density at radius 2 is 1.48 bits per heavy atom. The summed E-state index contributed by atoms with van der Waals surface area (Å²) in [4.78, 5) is 38.7. The first-order valence-corrected chi connectivity index (χ1v) is 10.4.